The molecule has 1 saturated heterocycles. The van der Waals surface area contributed by atoms with Crippen molar-refractivity contribution in [1.82, 2.24) is 0 Å². The van der Waals surface area contributed by atoms with Crippen molar-refractivity contribution in [3.05, 3.63) is 42.0 Å². The van der Waals surface area contributed by atoms with Crippen LogP contribution in [-0.2, 0) is 4.74 Å². The molecule has 3 rings (SSSR count). The van der Waals surface area contributed by atoms with Crippen molar-refractivity contribution in [2.24, 2.45) is 5.92 Å². The van der Waals surface area contributed by atoms with Crippen molar-refractivity contribution < 1.29 is 24.8 Å². The van der Waals surface area contributed by atoms with E-state index in [4.69, 9.17) is 9.47 Å². The smallest absolute Gasteiger partial charge is 0.125 e. The third-order valence-corrected chi connectivity index (χ3v) is 4.58. The van der Waals surface area contributed by atoms with Crippen LogP contribution in [0.4, 0.5) is 0 Å². The molecule has 0 bridgehead atoms. The molecule has 1 aliphatic heterocycles. The minimum Gasteiger partial charge on any atom is -0.496 e. The lowest BCUT2D eigenvalue weighted by atomic mass is 9.88. The molecule has 4 atom stereocenters. The summed E-state index contributed by atoms with van der Waals surface area (Å²) in [5.74, 6) is 0.398. The lowest BCUT2D eigenvalue weighted by molar-refractivity contribution is -0.0230. The van der Waals surface area contributed by atoms with Gasteiger partial charge < -0.3 is 24.8 Å². The zero-order valence-electron chi connectivity index (χ0n) is 13.1. The Morgan fingerprint density at radius 3 is 2.43 bits per heavy atom. The van der Waals surface area contributed by atoms with Gasteiger partial charge in [-0.3, -0.25) is 0 Å². The first kappa shape index (κ1) is 16.2. The van der Waals surface area contributed by atoms with Gasteiger partial charge in [-0.1, -0.05) is 24.3 Å². The van der Waals surface area contributed by atoms with Crippen LogP contribution in [0, 0.1) is 5.92 Å². The monoisotopic (exact) mass is 318 g/mol. The number of ether oxygens (including phenoxy) is 2. The third-order valence-electron chi connectivity index (χ3n) is 4.58. The molecule has 5 nitrogen and oxygen atoms in total. The van der Waals surface area contributed by atoms with E-state index in [2.05, 4.69) is 0 Å². The normalized spacial score (nSPS) is 27.5. The zero-order chi connectivity index (χ0) is 16.4. The summed E-state index contributed by atoms with van der Waals surface area (Å²) < 4.78 is 11.4. The molecule has 5 heteroatoms. The number of aliphatic hydroxyl groups excluding tert-OH is 3. The summed E-state index contributed by atoms with van der Waals surface area (Å²) in [5, 5.41) is 31.2. The number of aliphatic hydroxyl groups is 3. The summed E-state index contributed by atoms with van der Waals surface area (Å²) >= 11 is 0. The van der Waals surface area contributed by atoms with Gasteiger partial charge in [0.05, 0.1) is 25.9 Å². The number of fused-ring (bicyclic) bond motifs is 1. The van der Waals surface area contributed by atoms with Crippen LogP contribution in [0.15, 0.2) is 36.4 Å². The van der Waals surface area contributed by atoms with Crippen molar-refractivity contribution in [3.63, 3.8) is 0 Å². The average Bonchev–Trinajstić information content (AvgIpc) is 2.90. The average molecular weight is 318 g/mol. The van der Waals surface area contributed by atoms with E-state index in [9.17, 15) is 15.3 Å². The number of hydrogen-bond donors (Lipinski definition) is 3. The highest BCUT2D eigenvalue weighted by Gasteiger charge is 2.44. The minimum absolute atomic E-state index is 0.0460. The van der Waals surface area contributed by atoms with Gasteiger partial charge >= 0.3 is 0 Å². The van der Waals surface area contributed by atoms with E-state index in [-0.39, 0.29) is 19.1 Å². The van der Waals surface area contributed by atoms with Gasteiger partial charge in [-0.15, -0.1) is 0 Å². The summed E-state index contributed by atoms with van der Waals surface area (Å²) in [6.07, 6.45) is -1.48. The fourth-order valence-electron chi connectivity index (χ4n) is 3.39. The first-order valence-corrected chi connectivity index (χ1v) is 7.81. The van der Waals surface area contributed by atoms with Crippen LogP contribution in [-0.4, -0.2) is 47.9 Å². The lowest BCUT2D eigenvalue weighted by Gasteiger charge is -2.22. The largest absolute Gasteiger partial charge is 0.496 e. The first-order valence-electron chi connectivity index (χ1n) is 7.81. The van der Waals surface area contributed by atoms with Crippen LogP contribution in [0.2, 0.25) is 0 Å². The van der Waals surface area contributed by atoms with Crippen molar-refractivity contribution in [2.75, 3.05) is 20.3 Å². The Kier molecular flexibility index (Phi) is 4.82. The van der Waals surface area contributed by atoms with Crippen molar-refractivity contribution in [2.45, 2.75) is 24.7 Å². The molecule has 0 spiro atoms. The number of methoxy groups -OCH3 is 1. The predicted molar refractivity (Wildman–Crippen MR) is 86.4 cm³/mol. The highest BCUT2D eigenvalue weighted by atomic mass is 16.5. The molecule has 0 saturated carbocycles. The molecule has 2 aromatic rings. The van der Waals surface area contributed by atoms with Crippen LogP contribution in [0.1, 0.15) is 18.1 Å². The zero-order valence-corrected chi connectivity index (χ0v) is 13.1. The van der Waals surface area contributed by atoms with Crippen LogP contribution >= 0.6 is 0 Å². The Morgan fingerprint density at radius 2 is 1.83 bits per heavy atom. The number of hydrogen-bond acceptors (Lipinski definition) is 5. The summed E-state index contributed by atoms with van der Waals surface area (Å²) in [4.78, 5) is 0. The lowest BCUT2D eigenvalue weighted by Crippen LogP contribution is -2.29. The molecule has 0 aliphatic carbocycles. The van der Waals surface area contributed by atoms with Gasteiger partial charge in [-0.2, -0.15) is 0 Å². The second-order valence-electron chi connectivity index (χ2n) is 5.89. The van der Waals surface area contributed by atoms with Crippen LogP contribution in [0.5, 0.6) is 5.75 Å². The molecular formula is C18H22O5. The maximum absolute atomic E-state index is 10.4. The molecule has 1 fully saturated rings. The number of rotatable bonds is 5. The molecule has 2 unspecified atom stereocenters. The summed E-state index contributed by atoms with van der Waals surface area (Å²) in [6, 6.07) is 11.9. The molecule has 2 aromatic carbocycles. The van der Waals surface area contributed by atoms with Gasteiger partial charge in [-0.25, -0.2) is 0 Å². The molecular weight excluding hydrogens is 296 g/mol. The van der Waals surface area contributed by atoms with E-state index >= 15 is 0 Å². The summed E-state index contributed by atoms with van der Waals surface area (Å²) in [6.45, 7) is -0.300. The fraction of sp³-hybridized carbons (Fsp3) is 0.444. The van der Waals surface area contributed by atoms with Gasteiger partial charge in [0.1, 0.15) is 11.9 Å². The van der Waals surface area contributed by atoms with E-state index < -0.39 is 18.3 Å². The number of benzene rings is 2. The van der Waals surface area contributed by atoms with Crippen LogP contribution in [0.3, 0.4) is 0 Å². The van der Waals surface area contributed by atoms with Crippen molar-refractivity contribution in [1.29, 1.82) is 0 Å². The van der Waals surface area contributed by atoms with Crippen molar-refractivity contribution >= 4 is 10.8 Å². The Hall–Kier alpha value is -1.66. The quantitative estimate of drug-likeness (QED) is 0.781. The predicted octanol–water partition coefficient (Wildman–Crippen LogP) is 1.64. The molecule has 0 amide bonds. The Labute approximate surface area is 135 Å². The molecule has 0 radical (unpaired) electrons. The van der Waals surface area contributed by atoms with E-state index in [1.54, 1.807) is 7.11 Å². The maximum Gasteiger partial charge on any atom is 0.125 e. The second kappa shape index (κ2) is 6.84. The van der Waals surface area contributed by atoms with E-state index in [1.807, 2.05) is 36.4 Å². The van der Waals surface area contributed by atoms with E-state index in [1.165, 1.54) is 0 Å². The van der Waals surface area contributed by atoms with Gasteiger partial charge in [0.25, 0.3) is 0 Å². The van der Waals surface area contributed by atoms with Crippen LogP contribution < -0.4 is 4.74 Å². The topological polar surface area (TPSA) is 79.2 Å². The SMILES string of the molecule is COc1cc2ccccc2cc1[C@@H]1O[C@H](CO)C(O)C1CCO. The second-order valence-corrected chi connectivity index (χ2v) is 5.89. The highest BCUT2D eigenvalue weighted by molar-refractivity contribution is 5.85. The molecule has 1 aliphatic rings. The van der Waals surface area contributed by atoms with Gasteiger partial charge in [-0.05, 0) is 29.3 Å². The molecule has 0 aromatic heterocycles. The molecule has 3 N–H and O–H groups in total. The van der Waals surface area contributed by atoms with E-state index in [0.717, 1.165) is 16.3 Å². The Bertz CT molecular complexity index is 672. The minimum atomic E-state index is -0.812. The Balaban J connectivity index is 2.06. The first-order chi connectivity index (χ1) is 11.2. The molecule has 124 valence electrons. The highest BCUT2D eigenvalue weighted by Crippen LogP contribution is 2.44. The van der Waals surface area contributed by atoms with Gasteiger partial charge in [0.2, 0.25) is 0 Å². The maximum atomic E-state index is 10.4. The standard InChI is InChI=1S/C18H22O5/c1-22-15-9-12-5-3-2-4-11(12)8-14(15)18-13(6-7-19)17(21)16(10-20)23-18/h2-5,8-9,13,16-21H,6-7,10H2,1H3/t13?,16-,17?,18-/m1/s1. The van der Waals surface area contributed by atoms with E-state index in [0.29, 0.717) is 12.2 Å². The third kappa shape index (κ3) is 2.93. The summed E-state index contributed by atoms with van der Waals surface area (Å²) in [5.41, 5.74) is 0.833. The fourth-order valence-corrected chi connectivity index (χ4v) is 3.39. The van der Waals surface area contributed by atoms with Gasteiger partial charge in [0, 0.05) is 18.1 Å². The van der Waals surface area contributed by atoms with Crippen molar-refractivity contribution in [3.8, 4) is 5.75 Å². The van der Waals surface area contributed by atoms with Gasteiger partial charge in [0.15, 0.2) is 0 Å². The molecule has 23 heavy (non-hydrogen) atoms. The van der Waals surface area contributed by atoms with Crippen LogP contribution in [0.25, 0.3) is 10.8 Å². The Morgan fingerprint density at radius 1 is 1.13 bits per heavy atom. The molecule has 1 heterocycles. The summed E-state index contributed by atoms with van der Waals surface area (Å²) in [7, 11) is 1.60.